The zero-order valence-corrected chi connectivity index (χ0v) is 14.4. The maximum Gasteiger partial charge on any atom is 0.308 e. The van der Waals surface area contributed by atoms with Gasteiger partial charge in [0.05, 0.1) is 17.1 Å². The lowest BCUT2D eigenvalue weighted by Crippen LogP contribution is -2.30. The Hall–Kier alpha value is -2.48. The van der Waals surface area contributed by atoms with Gasteiger partial charge in [0.2, 0.25) is 0 Å². The van der Waals surface area contributed by atoms with Gasteiger partial charge in [-0.15, -0.1) is 5.10 Å². The first-order chi connectivity index (χ1) is 12.5. The summed E-state index contributed by atoms with van der Waals surface area (Å²) in [4.78, 5) is 25.7. The maximum atomic E-state index is 14.1. The van der Waals surface area contributed by atoms with Gasteiger partial charge in [-0.05, 0) is 36.8 Å². The average molecular weight is 379 g/mol. The van der Waals surface area contributed by atoms with Gasteiger partial charge in [0, 0.05) is 13.1 Å². The predicted octanol–water partition coefficient (Wildman–Crippen LogP) is 2.24. The van der Waals surface area contributed by atoms with Crippen LogP contribution in [0, 0.1) is 23.6 Å². The second-order valence-corrected chi connectivity index (χ2v) is 7.18. The van der Waals surface area contributed by atoms with Crippen LogP contribution >= 0.6 is 11.6 Å². The van der Waals surface area contributed by atoms with Crippen LogP contribution < -0.4 is 0 Å². The molecule has 1 aromatic heterocycles. The molecule has 0 bridgehead atoms. The Morgan fingerprint density at radius 3 is 2.73 bits per heavy atom. The zero-order valence-electron chi connectivity index (χ0n) is 13.7. The third-order valence-corrected chi connectivity index (χ3v) is 5.38. The number of amides is 1. The van der Waals surface area contributed by atoms with Gasteiger partial charge in [-0.25, -0.2) is 9.07 Å². The van der Waals surface area contributed by atoms with Crippen LogP contribution in [-0.2, 0) is 4.79 Å². The molecule has 136 valence electrons. The molecule has 0 spiro atoms. The van der Waals surface area contributed by atoms with Gasteiger partial charge < -0.3 is 10.0 Å². The molecule has 1 saturated carbocycles. The van der Waals surface area contributed by atoms with E-state index in [1.165, 1.54) is 23.2 Å². The molecule has 1 N–H and O–H groups in total. The minimum absolute atomic E-state index is 0.0168. The fraction of sp³-hybridized carbons (Fsp3) is 0.412. The van der Waals surface area contributed by atoms with Crippen molar-refractivity contribution in [2.75, 3.05) is 13.1 Å². The van der Waals surface area contributed by atoms with E-state index >= 15 is 0 Å². The summed E-state index contributed by atoms with van der Waals surface area (Å²) in [6.07, 6.45) is 3.36. The third kappa shape index (κ3) is 2.94. The summed E-state index contributed by atoms with van der Waals surface area (Å²) in [5.74, 6) is -2.11. The highest BCUT2D eigenvalue weighted by Gasteiger charge is 2.47. The molecular weight excluding hydrogens is 363 g/mol. The van der Waals surface area contributed by atoms with Crippen molar-refractivity contribution in [2.45, 2.75) is 12.8 Å². The number of carboxylic acids is 1. The molecule has 2 aliphatic rings. The third-order valence-electron chi connectivity index (χ3n) is 5.09. The lowest BCUT2D eigenvalue weighted by molar-refractivity contribution is -0.142. The van der Waals surface area contributed by atoms with Gasteiger partial charge in [-0.2, -0.15) is 0 Å². The van der Waals surface area contributed by atoms with E-state index < -0.39 is 23.6 Å². The molecule has 2 fully saturated rings. The average Bonchev–Trinajstić information content (AvgIpc) is 3.18. The van der Waals surface area contributed by atoms with Crippen molar-refractivity contribution in [3.05, 3.63) is 40.9 Å². The molecule has 2 atom stereocenters. The van der Waals surface area contributed by atoms with Crippen LogP contribution in [0.5, 0.6) is 0 Å². The van der Waals surface area contributed by atoms with E-state index in [1.807, 2.05) is 0 Å². The van der Waals surface area contributed by atoms with E-state index in [0.717, 1.165) is 17.5 Å². The number of carbonyl (C=O) groups is 2. The van der Waals surface area contributed by atoms with Crippen LogP contribution in [0.4, 0.5) is 4.39 Å². The van der Waals surface area contributed by atoms with Gasteiger partial charge in [-0.1, -0.05) is 22.9 Å². The van der Waals surface area contributed by atoms with Gasteiger partial charge in [0.15, 0.2) is 11.5 Å². The topological polar surface area (TPSA) is 88.3 Å². The number of carboxylic acid groups (broad SMARTS) is 1. The van der Waals surface area contributed by atoms with Crippen molar-refractivity contribution >= 4 is 23.5 Å². The Kier molecular flexibility index (Phi) is 4.14. The minimum Gasteiger partial charge on any atom is -0.481 e. The second-order valence-electron chi connectivity index (χ2n) is 6.78. The van der Waals surface area contributed by atoms with Crippen molar-refractivity contribution in [3.63, 3.8) is 0 Å². The monoisotopic (exact) mass is 378 g/mol. The molecule has 1 saturated heterocycles. The number of likely N-dealkylation sites (tertiary alicyclic amines) is 1. The fourth-order valence-electron chi connectivity index (χ4n) is 3.57. The Labute approximate surface area is 153 Å². The molecule has 2 heterocycles. The van der Waals surface area contributed by atoms with E-state index in [4.69, 9.17) is 11.6 Å². The number of aliphatic carboxylic acids is 1. The molecule has 4 rings (SSSR count). The van der Waals surface area contributed by atoms with E-state index in [9.17, 15) is 19.1 Å². The quantitative estimate of drug-likeness (QED) is 0.881. The van der Waals surface area contributed by atoms with E-state index in [-0.39, 0.29) is 28.9 Å². The highest BCUT2D eigenvalue weighted by atomic mass is 35.5. The lowest BCUT2D eigenvalue weighted by Gasteiger charge is -2.14. The number of halogens is 2. The van der Waals surface area contributed by atoms with Gasteiger partial charge in [0.1, 0.15) is 5.69 Å². The highest BCUT2D eigenvalue weighted by molar-refractivity contribution is 6.30. The largest absolute Gasteiger partial charge is 0.481 e. The normalized spacial score (nSPS) is 22.6. The number of hydrogen-bond acceptors (Lipinski definition) is 4. The summed E-state index contributed by atoms with van der Waals surface area (Å²) in [5, 5.41) is 17.0. The summed E-state index contributed by atoms with van der Waals surface area (Å²) in [7, 11) is 0. The molecule has 7 nitrogen and oxygen atoms in total. The van der Waals surface area contributed by atoms with Gasteiger partial charge in [-0.3, -0.25) is 9.59 Å². The van der Waals surface area contributed by atoms with Crippen molar-refractivity contribution in [1.82, 2.24) is 19.9 Å². The molecule has 26 heavy (non-hydrogen) atoms. The highest BCUT2D eigenvalue weighted by Crippen LogP contribution is 2.44. The Morgan fingerprint density at radius 1 is 1.27 bits per heavy atom. The summed E-state index contributed by atoms with van der Waals surface area (Å²) in [6.45, 7) is 0.562. The Balaban J connectivity index is 1.55. The zero-order chi connectivity index (χ0) is 18.4. The Morgan fingerprint density at radius 2 is 2.04 bits per heavy atom. The van der Waals surface area contributed by atoms with Gasteiger partial charge >= 0.3 is 5.97 Å². The van der Waals surface area contributed by atoms with Crippen LogP contribution in [0.3, 0.4) is 0 Å². The summed E-state index contributed by atoms with van der Waals surface area (Å²) >= 11 is 5.77. The summed E-state index contributed by atoms with van der Waals surface area (Å²) < 4.78 is 15.3. The first-order valence-electron chi connectivity index (χ1n) is 8.34. The van der Waals surface area contributed by atoms with E-state index in [1.54, 1.807) is 6.07 Å². The molecule has 1 aliphatic heterocycles. The maximum absolute atomic E-state index is 14.1. The number of rotatable bonds is 4. The van der Waals surface area contributed by atoms with Crippen molar-refractivity contribution in [2.24, 2.45) is 17.8 Å². The molecule has 9 heteroatoms. The fourth-order valence-corrected chi connectivity index (χ4v) is 3.74. The number of nitrogens with zero attached hydrogens (tertiary/aromatic N) is 4. The molecule has 1 amide bonds. The molecule has 1 aromatic carbocycles. The number of carbonyl (C=O) groups excluding carboxylic acids is 1. The smallest absolute Gasteiger partial charge is 0.308 e. The first-order valence-corrected chi connectivity index (χ1v) is 8.72. The molecular formula is C17H16ClFN4O3. The Bertz CT molecular complexity index is 883. The first kappa shape index (κ1) is 17.0. The minimum atomic E-state index is -0.873. The molecule has 0 radical (unpaired) electrons. The van der Waals surface area contributed by atoms with Gasteiger partial charge in [0.25, 0.3) is 5.91 Å². The molecule has 0 unspecified atom stereocenters. The number of aromatic nitrogens is 3. The van der Waals surface area contributed by atoms with Crippen LogP contribution in [0.1, 0.15) is 23.3 Å². The SMILES string of the molecule is O=C(O)[C@H]1CN(C(=O)c2cn(-c3cccc(Cl)c3F)nn2)C[C@@H]1C1CC1. The summed E-state index contributed by atoms with van der Waals surface area (Å²) in [6, 6.07) is 4.46. The van der Waals surface area contributed by atoms with Crippen LogP contribution in [0.25, 0.3) is 5.69 Å². The van der Waals surface area contributed by atoms with Crippen molar-refractivity contribution in [1.29, 1.82) is 0 Å². The van der Waals surface area contributed by atoms with E-state index in [0.29, 0.717) is 12.5 Å². The van der Waals surface area contributed by atoms with Crippen molar-refractivity contribution < 1.29 is 19.1 Å². The van der Waals surface area contributed by atoms with Crippen LogP contribution in [0.2, 0.25) is 5.02 Å². The number of hydrogen-bond donors (Lipinski definition) is 1. The standard InChI is InChI=1S/C17H16ClFN4O3/c18-12-2-1-3-14(15(12)19)23-8-13(20-21-23)16(24)22-6-10(9-4-5-9)11(7-22)17(25)26/h1-3,8-11H,4-7H2,(H,25,26)/t10-,11+/m1/s1. The lowest BCUT2D eigenvalue weighted by atomic mass is 9.92. The molecule has 2 aromatic rings. The molecule has 1 aliphatic carbocycles. The van der Waals surface area contributed by atoms with E-state index in [2.05, 4.69) is 10.3 Å². The number of benzene rings is 1. The van der Waals surface area contributed by atoms with Crippen molar-refractivity contribution in [3.8, 4) is 5.69 Å². The summed E-state index contributed by atoms with van der Waals surface area (Å²) in [5.41, 5.74) is 0.134. The second kappa shape index (κ2) is 6.35. The van der Waals surface area contributed by atoms with Crippen LogP contribution in [0.15, 0.2) is 24.4 Å². The predicted molar refractivity (Wildman–Crippen MR) is 89.6 cm³/mol. The van der Waals surface area contributed by atoms with Crippen LogP contribution in [-0.4, -0.2) is 50.0 Å².